The van der Waals surface area contributed by atoms with Crippen molar-refractivity contribution in [2.24, 2.45) is 0 Å². The van der Waals surface area contributed by atoms with E-state index in [0.717, 1.165) is 11.1 Å². The van der Waals surface area contributed by atoms with Crippen LogP contribution in [0.15, 0.2) is 18.2 Å². The molecule has 0 saturated heterocycles. The maximum absolute atomic E-state index is 9.53. The van der Waals surface area contributed by atoms with Gasteiger partial charge < -0.3 is 5.11 Å². The Labute approximate surface area is 75.5 Å². The maximum Gasteiger partial charge on any atom is 0.118 e. The minimum Gasteiger partial charge on any atom is -0.508 e. The summed E-state index contributed by atoms with van der Waals surface area (Å²) in [5.41, 5.74) is 1.80. The van der Waals surface area contributed by atoms with Gasteiger partial charge in [0.2, 0.25) is 0 Å². The molecule has 0 radical (unpaired) electrons. The molecule has 0 atom stereocenters. The first kappa shape index (κ1) is 7.66. The molecule has 0 unspecified atom stereocenters. The van der Waals surface area contributed by atoms with Crippen molar-refractivity contribution in [2.75, 3.05) is 0 Å². The zero-order chi connectivity index (χ0) is 10.1. The van der Waals surface area contributed by atoms with Crippen LogP contribution in [0.5, 0.6) is 5.75 Å². The van der Waals surface area contributed by atoms with Gasteiger partial charge >= 0.3 is 0 Å². The van der Waals surface area contributed by atoms with Crippen molar-refractivity contribution >= 4 is 0 Å². The van der Waals surface area contributed by atoms with Gasteiger partial charge in [0, 0.05) is 1.37 Å². The highest BCUT2D eigenvalue weighted by atomic mass is 16.3. The molecule has 66 valence electrons. The zero-order valence-electron chi connectivity index (χ0n) is 8.89. The Kier molecular flexibility index (Phi) is 1.80. The molecule has 0 heterocycles. The third-order valence-corrected chi connectivity index (χ3v) is 1.96. The van der Waals surface area contributed by atoms with Crippen LogP contribution < -0.4 is 0 Å². The summed E-state index contributed by atoms with van der Waals surface area (Å²) in [6.07, 6.45) is 0. The SMILES string of the molecule is [2H]Cc1c(O)cccc1C(C)(C)C. The molecule has 1 aromatic rings. The second-order valence-corrected chi connectivity index (χ2v) is 4.05. The van der Waals surface area contributed by atoms with Crippen LogP contribution in [0, 0.1) is 6.90 Å². The molecular weight excluding hydrogens is 148 g/mol. The Bertz CT molecular complexity index is 299. The molecule has 1 N–H and O–H groups in total. The second-order valence-electron chi connectivity index (χ2n) is 4.05. The highest BCUT2D eigenvalue weighted by Gasteiger charge is 2.16. The first-order valence-electron chi connectivity index (χ1n) is 4.78. The topological polar surface area (TPSA) is 20.2 Å². The van der Waals surface area contributed by atoms with Crippen LogP contribution in [0.25, 0.3) is 0 Å². The maximum atomic E-state index is 9.53. The number of phenols is 1. The Morgan fingerprint density at radius 2 is 2.00 bits per heavy atom. The van der Waals surface area contributed by atoms with Crippen LogP contribution in [0.4, 0.5) is 0 Å². The van der Waals surface area contributed by atoms with E-state index in [2.05, 4.69) is 20.8 Å². The van der Waals surface area contributed by atoms with Crippen LogP contribution >= 0.6 is 0 Å². The van der Waals surface area contributed by atoms with Gasteiger partial charge in [-0.25, -0.2) is 0 Å². The van der Waals surface area contributed by atoms with E-state index in [4.69, 9.17) is 1.37 Å². The van der Waals surface area contributed by atoms with Gasteiger partial charge in [-0.1, -0.05) is 32.9 Å². The van der Waals surface area contributed by atoms with Gasteiger partial charge in [-0.05, 0) is 29.5 Å². The number of benzene rings is 1. The molecule has 0 amide bonds. The van der Waals surface area contributed by atoms with E-state index in [1.807, 2.05) is 12.1 Å². The number of hydrogen-bond acceptors (Lipinski definition) is 1. The second kappa shape index (κ2) is 2.81. The number of phenolic OH excluding ortho intramolecular Hbond substituents is 1. The highest BCUT2D eigenvalue weighted by Crippen LogP contribution is 2.29. The molecule has 0 bridgehead atoms. The quantitative estimate of drug-likeness (QED) is 0.626. The van der Waals surface area contributed by atoms with Crippen LogP contribution in [-0.4, -0.2) is 5.11 Å². The lowest BCUT2D eigenvalue weighted by Crippen LogP contribution is -2.12. The monoisotopic (exact) mass is 165 g/mol. The third-order valence-electron chi connectivity index (χ3n) is 1.96. The van der Waals surface area contributed by atoms with E-state index in [0.29, 0.717) is 0 Å². The predicted molar refractivity (Wildman–Crippen MR) is 51.5 cm³/mol. The van der Waals surface area contributed by atoms with E-state index in [9.17, 15) is 5.11 Å². The predicted octanol–water partition coefficient (Wildman–Crippen LogP) is 3.00. The van der Waals surface area contributed by atoms with Gasteiger partial charge in [-0.3, -0.25) is 0 Å². The Balaban J connectivity index is 3.29. The molecule has 0 aromatic heterocycles. The summed E-state index contributed by atoms with van der Waals surface area (Å²) < 4.78 is 7.35. The lowest BCUT2D eigenvalue weighted by Gasteiger charge is -2.21. The summed E-state index contributed by atoms with van der Waals surface area (Å²) in [6.45, 7) is 6.39. The minimum absolute atomic E-state index is 0.00484. The molecule has 12 heavy (non-hydrogen) atoms. The van der Waals surface area contributed by atoms with Crippen molar-refractivity contribution in [3.63, 3.8) is 0 Å². The first-order chi connectivity index (χ1) is 5.96. The first-order valence-corrected chi connectivity index (χ1v) is 4.07. The van der Waals surface area contributed by atoms with Crippen LogP contribution in [0.3, 0.4) is 0 Å². The van der Waals surface area contributed by atoms with Crippen molar-refractivity contribution in [3.8, 4) is 5.75 Å². The fraction of sp³-hybridized carbons (Fsp3) is 0.455. The third kappa shape index (κ3) is 1.60. The van der Waals surface area contributed by atoms with Gasteiger partial charge in [0.1, 0.15) is 5.75 Å². The van der Waals surface area contributed by atoms with E-state index in [1.165, 1.54) is 0 Å². The summed E-state index contributed by atoms with van der Waals surface area (Å²) in [6, 6.07) is 5.44. The average Bonchev–Trinajstić information content (AvgIpc) is 2.02. The Hall–Kier alpha value is -0.980. The van der Waals surface area contributed by atoms with E-state index in [1.54, 1.807) is 6.07 Å². The number of aromatic hydroxyl groups is 1. The minimum atomic E-state index is -0.00484. The van der Waals surface area contributed by atoms with Crippen LogP contribution in [0.2, 0.25) is 0 Å². The molecule has 0 spiro atoms. The van der Waals surface area contributed by atoms with Gasteiger partial charge in [0.05, 0.1) is 0 Å². The summed E-state index contributed by atoms with van der Waals surface area (Å²) >= 11 is 0. The van der Waals surface area contributed by atoms with Gasteiger partial charge in [-0.2, -0.15) is 0 Å². The average molecular weight is 165 g/mol. The molecule has 1 rings (SSSR count). The van der Waals surface area contributed by atoms with Gasteiger partial charge in [-0.15, -0.1) is 0 Å². The van der Waals surface area contributed by atoms with Crippen LogP contribution in [0.1, 0.15) is 33.3 Å². The van der Waals surface area contributed by atoms with Gasteiger partial charge in [0.15, 0.2) is 0 Å². The summed E-state index contributed by atoms with van der Waals surface area (Å²) in [5, 5.41) is 9.53. The Morgan fingerprint density at radius 3 is 2.42 bits per heavy atom. The molecule has 0 aliphatic heterocycles. The highest BCUT2D eigenvalue weighted by molar-refractivity contribution is 5.41. The van der Waals surface area contributed by atoms with Crippen molar-refractivity contribution < 1.29 is 6.48 Å². The van der Waals surface area contributed by atoms with Crippen LogP contribution in [-0.2, 0) is 5.41 Å². The summed E-state index contributed by atoms with van der Waals surface area (Å²) in [4.78, 5) is 0. The van der Waals surface area contributed by atoms with E-state index >= 15 is 0 Å². The van der Waals surface area contributed by atoms with Gasteiger partial charge in [0.25, 0.3) is 0 Å². The molecule has 0 aliphatic rings. The molecule has 1 nitrogen and oxygen atoms in total. The smallest absolute Gasteiger partial charge is 0.118 e. The summed E-state index contributed by atoms with van der Waals surface area (Å²) in [7, 11) is 0. The number of rotatable bonds is 0. The van der Waals surface area contributed by atoms with Crippen molar-refractivity contribution in [2.45, 2.75) is 33.1 Å². The lowest BCUT2D eigenvalue weighted by molar-refractivity contribution is 0.465. The summed E-state index contributed by atoms with van der Waals surface area (Å²) in [5.74, 6) is 0.238. The standard InChI is InChI=1S/C11H16O/c1-8-9(11(2,3)4)6-5-7-10(8)12/h5-7,12H,1-4H3/i1D. The largest absolute Gasteiger partial charge is 0.508 e. The molecule has 0 fully saturated rings. The zero-order valence-corrected chi connectivity index (χ0v) is 7.89. The van der Waals surface area contributed by atoms with Crippen molar-refractivity contribution in [3.05, 3.63) is 29.3 Å². The van der Waals surface area contributed by atoms with Crippen molar-refractivity contribution in [1.82, 2.24) is 0 Å². The number of hydrogen-bond donors (Lipinski definition) is 1. The normalized spacial score (nSPS) is 12.8. The van der Waals surface area contributed by atoms with E-state index < -0.39 is 0 Å². The fourth-order valence-corrected chi connectivity index (χ4v) is 1.28. The Morgan fingerprint density at radius 1 is 1.33 bits per heavy atom. The molecular formula is C11H16O. The van der Waals surface area contributed by atoms with Crippen molar-refractivity contribution in [1.29, 1.82) is 0 Å². The molecule has 0 aliphatic carbocycles. The van der Waals surface area contributed by atoms with E-state index in [-0.39, 0.29) is 18.1 Å². The molecule has 0 saturated carbocycles. The fourth-order valence-electron chi connectivity index (χ4n) is 1.28. The molecule has 1 heteroatoms. The lowest BCUT2D eigenvalue weighted by atomic mass is 9.84. The molecule has 1 aromatic carbocycles.